The van der Waals surface area contributed by atoms with Crippen LogP contribution in [0, 0.1) is 17.8 Å². The van der Waals surface area contributed by atoms with Crippen LogP contribution in [0.3, 0.4) is 0 Å². The van der Waals surface area contributed by atoms with E-state index in [1.165, 1.54) is 4.90 Å². The monoisotopic (exact) mass is 579 g/mol. The van der Waals surface area contributed by atoms with E-state index in [0.717, 1.165) is 5.52 Å². The first-order chi connectivity index (χ1) is 20.2. The molecule has 11 heteroatoms. The summed E-state index contributed by atoms with van der Waals surface area (Å²) in [6.07, 6.45) is 5.56. The number of benzene rings is 1. The number of para-hydroxylation sites is 1. The van der Waals surface area contributed by atoms with Crippen LogP contribution in [0.5, 0.6) is 0 Å². The number of aliphatic hydroxyl groups is 1. The van der Waals surface area contributed by atoms with E-state index in [1.807, 2.05) is 45.0 Å². The lowest BCUT2D eigenvalue weighted by Gasteiger charge is -2.39. The zero-order valence-corrected chi connectivity index (χ0v) is 24.6. The van der Waals surface area contributed by atoms with Crippen molar-refractivity contribution < 1.29 is 29.0 Å². The Hall–Kier alpha value is -3.57. The number of hydrogen-bond acceptors (Lipinski definition) is 8. The van der Waals surface area contributed by atoms with Gasteiger partial charge in [-0.05, 0) is 50.7 Å². The molecule has 1 spiro atoms. The number of fused-ring (bicyclic) bond motifs is 2. The van der Waals surface area contributed by atoms with Gasteiger partial charge in [0, 0.05) is 6.54 Å². The van der Waals surface area contributed by atoms with Gasteiger partial charge < -0.3 is 24.4 Å². The van der Waals surface area contributed by atoms with Crippen LogP contribution < -0.4 is 0 Å². The summed E-state index contributed by atoms with van der Waals surface area (Å²) < 4.78 is 14.1. The summed E-state index contributed by atoms with van der Waals surface area (Å²) in [7, 11) is 0. The first-order valence-corrected chi connectivity index (χ1v) is 14.8. The molecule has 11 nitrogen and oxygen atoms in total. The summed E-state index contributed by atoms with van der Waals surface area (Å²) in [4.78, 5) is 45.7. The number of nitrogens with zero attached hydrogens (tertiary/aromatic N) is 5. The zero-order chi connectivity index (χ0) is 30.2. The van der Waals surface area contributed by atoms with Crippen molar-refractivity contribution in [2.24, 2.45) is 17.8 Å². The van der Waals surface area contributed by atoms with Crippen molar-refractivity contribution in [1.29, 1.82) is 0 Å². The normalized spacial score (nSPS) is 30.4. The molecule has 3 saturated heterocycles. The molecule has 2 aromatic rings. The number of hydrogen-bond donors (Lipinski definition) is 1. The van der Waals surface area contributed by atoms with Gasteiger partial charge in [0.2, 0.25) is 11.8 Å². The molecular formula is C31H41N5O6. The second-order valence-corrected chi connectivity index (χ2v) is 11.9. The van der Waals surface area contributed by atoms with Crippen LogP contribution >= 0.6 is 0 Å². The Labute approximate surface area is 246 Å². The van der Waals surface area contributed by atoms with Crippen LogP contribution in [0.25, 0.3) is 11.0 Å². The highest BCUT2D eigenvalue weighted by atomic mass is 16.6. The largest absolute Gasteiger partial charge is 0.465 e. The Morgan fingerprint density at radius 2 is 2.07 bits per heavy atom. The Morgan fingerprint density at radius 1 is 1.31 bits per heavy atom. The van der Waals surface area contributed by atoms with Crippen molar-refractivity contribution in [3.05, 3.63) is 49.6 Å². The highest BCUT2D eigenvalue weighted by Gasteiger charge is 2.80. The van der Waals surface area contributed by atoms with E-state index in [2.05, 4.69) is 23.5 Å². The summed E-state index contributed by atoms with van der Waals surface area (Å²) in [6, 6.07) is 5.78. The second kappa shape index (κ2) is 11.6. The maximum atomic E-state index is 14.7. The number of carbonyl (C=O) groups excluding carboxylic acids is 3. The van der Waals surface area contributed by atoms with Crippen molar-refractivity contribution >= 4 is 28.8 Å². The summed E-state index contributed by atoms with van der Waals surface area (Å²) >= 11 is 0. The van der Waals surface area contributed by atoms with Gasteiger partial charge in [-0.3, -0.25) is 14.4 Å². The lowest BCUT2D eigenvalue weighted by atomic mass is 9.62. The molecule has 2 bridgehead atoms. The molecule has 3 aliphatic rings. The molecule has 7 atom stereocenters. The van der Waals surface area contributed by atoms with Crippen LogP contribution in [0.15, 0.2) is 49.6 Å². The minimum atomic E-state index is -1.25. The van der Waals surface area contributed by atoms with Crippen LogP contribution in [-0.2, 0) is 30.5 Å². The molecule has 4 heterocycles. The Balaban J connectivity index is 1.55. The lowest BCUT2D eigenvalue weighted by Crippen LogP contribution is -2.59. The van der Waals surface area contributed by atoms with E-state index < -0.39 is 41.1 Å². The zero-order valence-electron chi connectivity index (χ0n) is 24.6. The highest BCUT2D eigenvalue weighted by molar-refractivity contribution is 5.98. The fourth-order valence-electron chi connectivity index (χ4n) is 7.34. The Morgan fingerprint density at radius 3 is 2.76 bits per heavy atom. The quantitative estimate of drug-likeness (QED) is 0.218. The van der Waals surface area contributed by atoms with Gasteiger partial charge in [0.1, 0.15) is 29.7 Å². The van der Waals surface area contributed by atoms with Crippen molar-refractivity contribution in [1.82, 2.24) is 24.8 Å². The van der Waals surface area contributed by atoms with E-state index in [4.69, 9.17) is 9.47 Å². The predicted octanol–water partition coefficient (Wildman–Crippen LogP) is 2.69. The number of amides is 2. The summed E-state index contributed by atoms with van der Waals surface area (Å²) in [5.41, 5.74) is -0.776. The summed E-state index contributed by atoms with van der Waals surface area (Å²) in [5.74, 6) is -3.10. The minimum absolute atomic E-state index is 0.0716. The minimum Gasteiger partial charge on any atom is -0.465 e. The van der Waals surface area contributed by atoms with Gasteiger partial charge in [-0.25, -0.2) is 4.68 Å². The maximum Gasteiger partial charge on any atom is 0.312 e. The molecule has 0 saturated carbocycles. The molecule has 2 amide bonds. The number of rotatable bonds is 13. The van der Waals surface area contributed by atoms with Gasteiger partial charge in [-0.1, -0.05) is 43.3 Å². The number of esters is 1. The van der Waals surface area contributed by atoms with E-state index in [9.17, 15) is 19.5 Å². The summed E-state index contributed by atoms with van der Waals surface area (Å²) in [6.45, 7) is 13.4. The number of carbonyl (C=O) groups is 3. The third-order valence-electron chi connectivity index (χ3n) is 9.50. The number of likely N-dealkylation sites (tertiary alicyclic amines) is 1. The van der Waals surface area contributed by atoms with Gasteiger partial charge in [-0.15, -0.1) is 18.3 Å². The average molecular weight is 580 g/mol. The van der Waals surface area contributed by atoms with Gasteiger partial charge in [0.15, 0.2) is 0 Å². The van der Waals surface area contributed by atoms with E-state index >= 15 is 0 Å². The van der Waals surface area contributed by atoms with Crippen LogP contribution in [0.1, 0.15) is 46.5 Å². The molecule has 0 radical (unpaired) electrons. The number of aliphatic hydroxyl groups excluding tert-OH is 1. The predicted molar refractivity (Wildman–Crippen MR) is 155 cm³/mol. The van der Waals surface area contributed by atoms with E-state index in [1.54, 1.807) is 21.7 Å². The topological polar surface area (TPSA) is 127 Å². The van der Waals surface area contributed by atoms with Gasteiger partial charge >= 0.3 is 5.97 Å². The fraction of sp³-hybridized carbons (Fsp3) is 0.581. The molecule has 0 aliphatic carbocycles. The highest BCUT2D eigenvalue weighted by Crippen LogP contribution is 2.65. The van der Waals surface area contributed by atoms with Crippen LogP contribution in [0.2, 0.25) is 0 Å². The maximum absolute atomic E-state index is 14.7. The molecule has 42 heavy (non-hydrogen) atoms. The molecule has 1 aromatic carbocycles. The Bertz CT molecular complexity index is 1370. The molecule has 3 fully saturated rings. The Kier molecular flexibility index (Phi) is 8.26. The molecular weight excluding hydrogens is 538 g/mol. The number of aromatic nitrogens is 3. The standard InChI is InChI=1S/C31H41N5O6/c1-6-9-12-16-41-29(40)25-24-27(38)36(21(8-3)18-37)26(31(24)17-20(4)30(25,5)42-31)28(39)34(15-7-2)19-35-23-14-11-10-13-22(23)32-33-35/h6-7,10-11,13-14,20-21,24-26,37H,1-2,8-9,12,15-19H2,3-5H3/t20?,21-,24-,25+,26?,30-,31?/m0/s1. The SMILES string of the molecule is C=CCCCOC(=O)[C@H]1[C@H]2C(=O)N([C@@H](CC)CO)C(C(=O)N(CC=C)Cn3nnc4ccccc43)C23CC(C)[C@]1(C)O3. The van der Waals surface area contributed by atoms with Crippen molar-refractivity contribution in [3.63, 3.8) is 0 Å². The molecule has 5 rings (SSSR count). The summed E-state index contributed by atoms with van der Waals surface area (Å²) in [5, 5.41) is 18.8. The van der Waals surface area contributed by atoms with Gasteiger partial charge in [0.25, 0.3) is 0 Å². The van der Waals surface area contributed by atoms with E-state index in [0.29, 0.717) is 31.2 Å². The van der Waals surface area contributed by atoms with Crippen molar-refractivity contribution in [2.45, 2.75) is 76.4 Å². The van der Waals surface area contributed by atoms with Gasteiger partial charge in [0.05, 0.1) is 36.3 Å². The number of ether oxygens (including phenoxy) is 2. The number of allylic oxidation sites excluding steroid dienone is 1. The first-order valence-electron chi connectivity index (χ1n) is 14.8. The van der Waals surface area contributed by atoms with Crippen molar-refractivity contribution in [3.8, 4) is 0 Å². The van der Waals surface area contributed by atoms with Crippen LogP contribution in [-0.4, -0.2) is 90.7 Å². The third-order valence-corrected chi connectivity index (χ3v) is 9.50. The van der Waals surface area contributed by atoms with Crippen molar-refractivity contribution in [2.75, 3.05) is 19.8 Å². The molecule has 3 aliphatic heterocycles. The molecule has 226 valence electrons. The third kappa shape index (κ3) is 4.53. The number of unbranched alkanes of at least 4 members (excludes halogenated alkanes) is 1. The van der Waals surface area contributed by atoms with Gasteiger partial charge in [-0.2, -0.15) is 0 Å². The molecule has 1 aromatic heterocycles. The molecule has 3 unspecified atom stereocenters. The fourth-order valence-corrected chi connectivity index (χ4v) is 7.34. The smallest absolute Gasteiger partial charge is 0.312 e. The molecule has 1 N–H and O–H groups in total. The van der Waals surface area contributed by atoms with E-state index in [-0.39, 0.29) is 44.2 Å². The first kappa shape index (κ1) is 29.9. The van der Waals surface area contributed by atoms with Crippen LogP contribution in [0.4, 0.5) is 0 Å². The lowest BCUT2D eigenvalue weighted by molar-refractivity contribution is -0.164. The second-order valence-electron chi connectivity index (χ2n) is 11.9. The average Bonchev–Trinajstić information content (AvgIpc) is 3.65.